The Hall–Kier alpha value is -2.22. The summed E-state index contributed by atoms with van der Waals surface area (Å²) in [5.41, 5.74) is 1.06. The molecule has 5 nitrogen and oxygen atoms in total. The van der Waals surface area contributed by atoms with Crippen LogP contribution in [0.4, 0.5) is 9.57 Å². The molecule has 0 heterocycles. The molecule has 130 valence electrons. The molecular weight excluding hydrogens is 392 g/mol. The summed E-state index contributed by atoms with van der Waals surface area (Å²) in [5.74, 6) is 0. The zero-order valence-electron chi connectivity index (χ0n) is 12.4. The third kappa shape index (κ3) is 5.12. The molecule has 2 rings (SSSR count). The highest BCUT2D eigenvalue weighted by molar-refractivity contribution is 7.86. The average Bonchev–Trinajstić information content (AvgIpc) is 2.51. The highest BCUT2D eigenvalue weighted by Gasteiger charge is 2.15. The van der Waals surface area contributed by atoms with E-state index in [2.05, 4.69) is 0 Å². The Kier molecular flexibility index (Phi) is 5.94. The smallest absolute Gasteiger partial charge is 0.258 e. The molecule has 0 saturated carbocycles. The molecule has 0 aliphatic heterocycles. The van der Waals surface area contributed by atoms with E-state index in [1.54, 1.807) is 24.3 Å². The number of non-ortho nitro benzene ring substituents is 1. The topological polar surface area (TPSA) is 77.3 Å². The van der Waals surface area contributed by atoms with Crippen LogP contribution in [0.1, 0.15) is 11.1 Å². The van der Waals surface area contributed by atoms with Crippen molar-refractivity contribution in [3.63, 3.8) is 0 Å². The first-order chi connectivity index (χ1) is 11.7. The van der Waals surface area contributed by atoms with Gasteiger partial charge in [0, 0.05) is 12.1 Å². The summed E-state index contributed by atoms with van der Waals surface area (Å²) in [7, 11) is -4.86. The van der Waals surface area contributed by atoms with Gasteiger partial charge in [-0.1, -0.05) is 53.6 Å². The molecular formula is C16H10Cl2FNO4S. The standard InChI is InChI=1S/C16H10Cl2FNO4S/c17-14-10-13(20(21)22)7-6-12(14)4-2-1-3-11-5-8-16(15(18)9-11)25(19,23)24/h1-10H/b3-1+,4-2+. The van der Waals surface area contributed by atoms with Crippen LogP contribution in [0.15, 0.2) is 53.4 Å². The van der Waals surface area contributed by atoms with Gasteiger partial charge in [-0.05, 0) is 29.3 Å². The maximum absolute atomic E-state index is 12.9. The SMILES string of the molecule is O=[N+]([O-])c1ccc(/C=C/C=C/c2ccc(S(=O)(=O)F)c(Cl)c2)c(Cl)c1. The van der Waals surface area contributed by atoms with E-state index in [4.69, 9.17) is 23.2 Å². The van der Waals surface area contributed by atoms with Crippen molar-refractivity contribution in [2.75, 3.05) is 0 Å². The van der Waals surface area contributed by atoms with Crippen LogP contribution in [0, 0.1) is 10.1 Å². The van der Waals surface area contributed by atoms with Crippen molar-refractivity contribution < 1.29 is 17.2 Å². The Morgan fingerprint density at radius 2 is 1.68 bits per heavy atom. The molecule has 0 amide bonds. The zero-order valence-corrected chi connectivity index (χ0v) is 14.7. The van der Waals surface area contributed by atoms with Crippen molar-refractivity contribution in [2.45, 2.75) is 4.90 Å². The van der Waals surface area contributed by atoms with Crippen LogP contribution in [-0.4, -0.2) is 13.3 Å². The monoisotopic (exact) mass is 401 g/mol. The van der Waals surface area contributed by atoms with E-state index in [1.165, 1.54) is 30.3 Å². The Morgan fingerprint density at radius 3 is 2.24 bits per heavy atom. The minimum Gasteiger partial charge on any atom is -0.258 e. The van der Waals surface area contributed by atoms with Gasteiger partial charge >= 0.3 is 10.2 Å². The molecule has 0 bridgehead atoms. The number of hydrogen-bond acceptors (Lipinski definition) is 4. The second-order valence-electron chi connectivity index (χ2n) is 4.81. The van der Waals surface area contributed by atoms with Crippen molar-refractivity contribution in [2.24, 2.45) is 0 Å². The second-order valence-corrected chi connectivity index (χ2v) is 6.94. The Balaban J connectivity index is 2.14. The third-order valence-electron chi connectivity index (χ3n) is 3.09. The summed E-state index contributed by atoms with van der Waals surface area (Å²) in [4.78, 5) is 9.52. The predicted molar refractivity (Wildman–Crippen MR) is 95.9 cm³/mol. The average molecular weight is 402 g/mol. The van der Waals surface area contributed by atoms with Crippen molar-refractivity contribution in [3.8, 4) is 0 Å². The number of allylic oxidation sites excluding steroid dienone is 2. The van der Waals surface area contributed by atoms with Gasteiger partial charge in [0.1, 0.15) is 4.90 Å². The van der Waals surface area contributed by atoms with Crippen LogP contribution in [0.2, 0.25) is 10.0 Å². The molecule has 9 heteroatoms. The van der Waals surface area contributed by atoms with Crippen molar-refractivity contribution >= 4 is 51.3 Å². The summed E-state index contributed by atoms with van der Waals surface area (Å²) in [5, 5.41) is 10.7. The zero-order chi connectivity index (χ0) is 18.6. The van der Waals surface area contributed by atoms with Gasteiger partial charge in [0.2, 0.25) is 0 Å². The van der Waals surface area contributed by atoms with Crippen LogP contribution >= 0.6 is 23.2 Å². The number of nitrogens with zero attached hydrogens (tertiary/aromatic N) is 1. The van der Waals surface area contributed by atoms with Gasteiger partial charge in [0.25, 0.3) is 5.69 Å². The maximum atomic E-state index is 12.9. The normalized spacial score (nSPS) is 12.1. The van der Waals surface area contributed by atoms with Gasteiger partial charge in [-0.25, -0.2) is 0 Å². The fourth-order valence-corrected chi connectivity index (χ4v) is 3.13. The fourth-order valence-electron chi connectivity index (χ4n) is 1.91. The largest absolute Gasteiger partial charge is 0.333 e. The summed E-state index contributed by atoms with van der Waals surface area (Å²) in [6.07, 6.45) is 6.54. The predicted octanol–water partition coefficient (Wildman–Crippen LogP) is 5.29. The molecule has 0 aromatic heterocycles. The Morgan fingerprint density at radius 1 is 1.00 bits per heavy atom. The quantitative estimate of drug-likeness (QED) is 0.295. The van der Waals surface area contributed by atoms with Crippen molar-refractivity contribution in [3.05, 3.63) is 79.8 Å². The highest BCUT2D eigenvalue weighted by atomic mass is 35.5. The van der Waals surface area contributed by atoms with Gasteiger partial charge in [-0.2, -0.15) is 8.42 Å². The number of nitro benzene ring substituents is 1. The van der Waals surface area contributed by atoms with Gasteiger partial charge in [-0.3, -0.25) is 10.1 Å². The number of benzene rings is 2. The Labute approximate surface area is 153 Å². The van der Waals surface area contributed by atoms with Gasteiger partial charge < -0.3 is 0 Å². The van der Waals surface area contributed by atoms with E-state index in [-0.39, 0.29) is 15.7 Å². The fraction of sp³-hybridized carbons (Fsp3) is 0. The van der Waals surface area contributed by atoms with E-state index in [0.29, 0.717) is 11.1 Å². The van der Waals surface area contributed by atoms with Gasteiger partial charge in [0.15, 0.2) is 0 Å². The van der Waals surface area contributed by atoms with Gasteiger partial charge in [-0.15, -0.1) is 3.89 Å². The molecule has 0 saturated heterocycles. The lowest BCUT2D eigenvalue weighted by atomic mass is 10.1. The molecule has 0 fully saturated rings. The number of hydrogen-bond donors (Lipinski definition) is 0. The molecule has 25 heavy (non-hydrogen) atoms. The Bertz CT molecular complexity index is 988. The van der Waals surface area contributed by atoms with Crippen LogP contribution in [0.5, 0.6) is 0 Å². The van der Waals surface area contributed by atoms with Gasteiger partial charge in [0.05, 0.1) is 15.0 Å². The lowest BCUT2D eigenvalue weighted by Gasteiger charge is -2.00. The van der Waals surface area contributed by atoms with Crippen molar-refractivity contribution in [1.82, 2.24) is 0 Å². The second kappa shape index (κ2) is 7.77. The molecule has 2 aromatic rings. The van der Waals surface area contributed by atoms with E-state index in [0.717, 1.165) is 6.07 Å². The third-order valence-corrected chi connectivity index (χ3v) is 4.72. The van der Waals surface area contributed by atoms with E-state index in [1.807, 2.05) is 0 Å². The molecule has 0 atom stereocenters. The molecule has 0 unspecified atom stereocenters. The number of halogens is 3. The van der Waals surface area contributed by atoms with Crippen LogP contribution in [0.3, 0.4) is 0 Å². The van der Waals surface area contributed by atoms with Crippen LogP contribution in [-0.2, 0) is 10.2 Å². The minimum atomic E-state index is -4.86. The first kappa shape index (κ1) is 19.1. The van der Waals surface area contributed by atoms with E-state index in [9.17, 15) is 22.4 Å². The molecule has 2 aromatic carbocycles. The molecule has 0 N–H and O–H groups in total. The summed E-state index contributed by atoms with van der Waals surface area (Å²) in [6.45, 7) is 0. The lowest BCUT2D eigenvalue weighted by molar-refractivity contribution is -0.384. The minimum absolute atomic E-state index is 0.102. The lowest BCUT2D eigenvalue weighted by Crippen LogP contribution is -1.93. The van der Waals surface area contributed by atoms with Crippen molar-refractivity contribution in [1.29, 1.82) is 0 Å². The number of rotatable bonds is 5. The van der Waals surface area contributed by atoms with E-state index < -0.39 is 20.0 Å². The summed E-state index contributed by atoms with van der Waals surface area (Å²) >= 11 is 11.7. The van der Waals surface area contributed by atoms with Crippen LogP contribution < -0.4 is 0 Å². The molecule has 0 spiro atoms. The van der Waals surface area contributed by atoms with Crippen LogP contribution in [0.25, 0.3) is 12.2 Å². The maximum Gasteiger partial charge on any atom is 0.333 e. The molecule has 0 aliphatic rings. The summed E-state index contributed by atoms with van der Waals surface area (Å²) in [6, 6.07) is 7.90. The number of nitro groups is 1. The summed E-state index contributed by atoms with van der Waals surface area (Å²) < 4.78 is 34.6. The van der Waals surface area contributed by atoms with E-state index >= 15 is 0 Å². The first-order valence-corrected chi connectivity index (χ1v) is 8.85. The highest BCUT2D eigenvalue weighted by Crippen LogP contribution is 2.25. The molecule has 0 aliphatic carbocycles. The molecule has 0 radical (unpaired) electrons. The first-order valence-electron chi connectivity index (χ1n) is 6.71.